The summed E-state index contributed by atoms with van der Waals surface area (Å²) in [5, 5.41) is 26.9. The van der Waals surface area contributed by atoms with Gasteiger partial charge in [-0.25, -0.2) is 15.0 Å². The van der Waals surface area contributed by atoms with E-state index < -0.39 is 30.4 Å². The normalized spacial score (nSPS) is 21.2. The number of imidazole rings is 1. The molecule has 0 spiro atoms. The Morgan fingerprint density at radius 2 is 2.03 bits per heavy atom. The number of likely N-dealkylation sites (N-methyl/N-ethyl adjacent to an activating group) is 1. The van der Waals surface area contributed by atoms with E-state index in [1.54, 1.807) is 19.5 Å². The molecule has 0 radical (unpaired) electrons. The molecule has 12 heteroatoms. The van der Waals surface area contributed by atoms with Gasteiger partial charge in [-0.1, -0.05) is 12.1 Å². The molecule has 0 saturated carbocycles. The zero-order chi connectivity index (χ0) is 26.1. The van der Waals surface area contributed by atoms with Crippen molar-refractivity contribution in [3.05, 3.63) is 60.2 Å². The van der Waals surface area contributed by atoms with Crippen LogP contribution in [0.5, 0.6) is 5.75 Å². The van der Waals surface area contributed by atoms with Crippen molar-refractivity contribution in [2.75, 3.05) is 19.5 Å². The fourth-order valence-electron chi connectivity index (χ4n) is 4.25. The first-order chi connectivity index (χ1) is 17.9. The molecule has 1 fully saturated rings. The Hall–Kier alpha value is -4.13. The van der Waals surface area contributed by atoms with Crippen LogP contribution in [0.4, 0.5) is 5.82 Å². The summed E-state index contributed by atoms with van der Waals surface area (Å²) in [5.41, 5.74) is 3.38. The number of aromatic nitrogens is 5. The molecule has 1 amide bonds. The standard InChI is InChI=1S/C25H27N7O5/c1-13-7-15(11-27-9-13)21-30-22(28-10-14-5-4-6-16(8-14)36-3)17-23(31-21)32(12-29-17)25-19(34)18(33)20(37-25)24(35)26-2/h4-9,11-12,18-20,25,33-34H,10H2,1-3H3,(H,26,35)(H,28,30,31)/t18?,19?,20-,25?/m1/s1. The quantitative estimate of drug-likeness (QED) is 0.288. The zero-order valence-electron chi connectivity index (χ0n) is 20.5. The van der Waals surface area contributed by atoms with E-state index in [0.29, 0.717) is 34.9 Å². The van der Waals surface area contributed by atoms with Crippen LogP contribution in [0, 0.1) is 6.92 Å². The number of ether oxygens (including phenoxy) is 2. The SMILES string of the molecule is CNC(=O)[C@@H]1OC(n2cnc3c(NCc4cccc(OC)c4)nc(-c4cncc(C)c4)nc32)C(O)C1O. The van der Waals surface area contributed by atoms with Crippen LogP contribution in [0.1, 0.15) is 17.4 Å². The van der Waals surface area contributed by atoms with Crippen molar-refractivity contribution in [1.29, 1.82) is 0 Å². The summed E-state index contributed by atoms with van der Waals surface area (Å²) in [5.74, 6) is 1.04. The minimum atomic E-state index is -1.42. The van der Waals surface area contributed by atoms with Crippen molar-refractivity contribution in [1.82, 2.24) is 29.8 Å². The Labute approximate surface area is 212 Å². The molecule has 1 aromatic carbocycles. The van der Waals surface area contributed by atoms with Crippen LogP contribution in [0.3, 0.4) is 0 Å². The second kappa shape index (κ2) is 10.1. The first-order valence-corrected chi connectivity index (χ1v) is 11.7. The molecule has 0 aliphatic carbocycles. The van der Waals surface area contributed by atoms with Gasteiger partial charge in [0.05, 0.1) is 13.4 Å². The number of nitrogens with one attached hydrogen (secondary N) is 2. The van der Waals surface area contributed by atoms with E-state index in [9.17, 15) is 15.0 Å². The number of aliphatic hydroxyl groups is 2. The Bertz CT molecular complexity index is 1440. The monoisotopic (exact) mass is 505 g/mol. The van der Waals surface area contributed by atoms with Gasteiger partial charge in [-0.3, -0.25) is 14.3 Å². The largest absolute Gasteiger partial charge is 0.497 e. The topological polar surface area (TPSA) is 157 Å². The molecule has 4 heterocycles. The summed E-state index contributed by atoms with van der Waals surface area (Å²) in [7, 11) is 3.04. The molecule has 0 bridgehead atoms. The predicted molar refractivity (Wildman–Crippen MR) is 134 cm³/mol. The van der Waals surface area contributed by atoms with E-state index in [0.717, 1.165) is 16.9 Å². The summed E-state index contributed by atoms with van der Waals surface area (Å²) < 4.78 is 12.6. The Morgan fingerprint density at radius 3 is 2.78 bits per heavy atom. The van der Waals surface area contributed by atoms with Crippen LogP contribution in [-0.2, 0) is 16.1 Å². The number of hydrogen-bond donors (Lipinski definition) is 4. The Kier molecular flexibility index (Phi) is 6.70. The number of aliphatic hydroxyl groups excluding tert-OH is 2. The van der Waals surface area contributed by atoms with Gasteiger partial charge >= 0.3 is 0 Å². The highest BCUT2D eigenvalue weighted by Crippen LogP contribution is 2.33. The molecular weight excluding hydrogens is 478 g/mol. The van der Waals surface area contributed by atoms with Crippen molar-refractivity contribution in [3.63, 3.8) is 0 Å². The molecule has 4 aromatic rings. The van der Waals surface area contributed by atoms with Gasteiger partial charge in [0.25, 0.3) is 5.91 Å². The smallest absolute Gasteiger partial charge is 0.251 e. The lowest BCUT2D eigenvalue weighted by molar-refractivity contribution is -0.137. The van der Waals surface area contributed by atoms with Crippen LogP contribution in [0.15, 0.2) is 49.1 Å². The first kappa shape index (κ1) is 24.6. The van der Waals surface area contributed by atoms with Gasteiger partial charge in [-0.2, -0.15) is 0 Å². The van der Waals surface area contributed by atoms with Gasteiger partial charge in [0.15, 0.2) is 35.1 Å². The minimum Gasteiger partial charge on any atom is -0.497 e. The lowest BCUT2D eigenvalue weighted by Gasteiger charge is -2.17. The van der Waals surface area contributed by atoms with Crippen LogP contribution in [0.25, 0.3) is 22.6 Å². The molecule has 3 aromatic heterocycles. The van der Waals surface area contributed by atoms with Crippen molar-refractivity contribution in [2.24, 2.45) is 0 Å². The maximum absolute atomic E-state index is 12.2. The maximum Gasteiger partial charge on any atom is 0.251 e. The summed E-state index contributed by atoms with van der Waals surface area (Å²) in [6, 6.07) is 9.55. The molecule has 1 saturated heterocycles. The molecule has 1 aliphatic heterocycles. The number of fused-ring (bicyclic) bond motifs is 1. The van der Waals surface area contributed by atoms with Crippen LogP contribution in [-0.4, -0.2) is 73.1 Å². The summed E-state index contributed by atoms with van der Waals surface area (Å²) >= 11 is 0. The van der Waals surface area contributed by atoms with Crippen molar-refractivity contribution in [2.45, 2.75) is 38.0 Å². The van der Waals surface area contributed by atoms with E-state index >= 15 is 0 Å². The van der Waals surface area contributed by atoms with Gasteiger partial charge in [-0.15, -0.1) is 0 Å². The highest BCUT2D eigenvalue weighted by molar-refractivity contribution is 5.85. The van der Waals surface area contributed by atoms with Crippen molar-refractivity contribution in [3.8, 4) is 17.1 Å². The molecule has 3 unspecified atom stereocenters. The zero-order valence-corrected chi connectivity index (χ0v) is 20.5. The molecule has 1 aliphatic rings. The third-order valence-electron chi connectivity index (χ3n) is 6.17. The molecule has 192 valence electrons. The molecule has 4 atom stereocenters. The minimum absolute atomic E-state index is 0.355. The number of carbonyl (C=O) groups excluding carboxylic acids is 1. The summed E-state index contributed by atoms with van der Waals surface area (Å²) in [4.78, 5) is 30.3. The average Bonchev–Trinajstić information content (AvgIpc) is 3.47. The number of amides is 1. The fourth-order valence-corrected chi connectivity index (χ4v) is 4.25. The average molecular weight is 506 g/mol. The molecule has 12 nitrogen and oxygen atoms in total. The number of pyridine rings is 1. The van der Waals surface area contributed by atoms with Crippen LogP contribution >= 0.6 is 0 Å². The molecule has 5 rings (SSSR count). The Morgan fingerprint density at radius 1 is 1.19 bits per heavy atom. The Balaban J connectivity index is 1.57. The molecular formula is C25H27N7O5. The third kappa shape index (κ3) is 4.69. The van der Waals surface area contributed by atoms with E-state index in [2.05, 4.69) is 20.6 Å². The lowest BCUT2D eigenvalue weighted by atomic mass is 10.1. The number of hydrogen-bond acceptors (Lipinski definition) is 10. The van der Waals surface area contributed by atoms with Crippen molar-refractivity contribution < 1.29 is 24.5 Å². The molecule has 4 N–H and O–H groups in total. The molecule has 37 heavy (non-hydrogen) atoms. The summed E-state index contributed by atoms with van der Waals surface area (Å²) in [6.07, 6.45) is -0.296. The van der Waals surface area contributed by atoms with Gasteiger partial charge in [0, 0.05) is 31.5 Å². The highest BCUT2D eigenvalue weighted by atomic mass is 16.6. The van der Waals surface area contributed by atoms with Crippen molar-refractivity contribution >= 4 is 22.9 Å². The number of rotatable bonds is 7. The number of anilines is 1. The van der Waals surface area contributed by atoms with E-state index in [1.807, 2.05) is 37.3 Å². The number of aryl methyl sites for hydroxylation is 1. The first-order valence-electron chi connectivity index (χ1n) is 11.7. The van der Waals surface area contributed by atoms with E-state index in [4.69, 9.17) is 19.4 Å². The second-order valence-electron chi connectivity index (χ2n) is 8.72. The van der Waals surface area contributed by atoms with Gasteiger partial charge in [0.1, 0.15) is 18.0 Å². The third-order valence-corrected chi connectivity index (χ3v) is 6.17. The second-order valence-corrected chi connectivity index (χ2v) is 8.72. The maximum atomic E-state index is 12.2. The lowest BCUT2D eigenvalue weighted by Crippen LogP contribution is -2.41. The van der Waals surface area contributed by atoms with E-state index in [-0.39, 0.29) is 0 Å². The van der Waals surface area contributed by atoms with Gasteiger partial charge < -0.3 is 30.3 Å². The number of methoxy groups -OCH3 is 1. The van der Waals surface area contributed by atoms with E-state index in [1.165, 1.54) is 17.9 Å². The number of nitrogens with zero attached hydrogens (tertiary/aromatic N) is 5. The van der Waals surface area contributed by atoms with Crippen LogP contribution in [0.2, 0.25) is 0 Å². The van der Waals surface area contributed by atoms with Gasteiger partial charge in [0.2, 0.25) is 0 Å². The predicted octanol–water partition coefficient (Wildman–Crippen LogP) is 1.18. The fraction of sp³-hybridized carbons (Fsp3) is 0.320. The van der Waals surface area contributed by atoms with Gasteiger partial charge in [-0.05, 0) is 36.2 Å². The number of carbonyl (C=O) groups is 1. The number of benzene rings is 1. The summed E-state index contributed by atoms with van der Waals surface area (Å²) in [6.45, 7) is 2.35. The van der Waals surface area contributed by atoms with Crippen LogP contribution < -0.4 is 15.4 Å². The highest BCUT2D eigenvalue weighted by Gasteiger charge is 2.47.